The largest absolute Gasteiger partial charge is 0.350 e. The zero-order valence-corrected chi connectivity index (χ0v) is 12.9. The number of hydrogen-bond donors (Lipinski definition) is 1. The second-order valence-corrected chi connectivity index (χ2v) is 6.08. The van der Waals surface area contributed by atoms with Crippen LogP contribution in [0.2, 0.25) is 0 Å². The molecular formula is C16H19N3OS. The highest BCUT2D eigenvalue weighted by Crippen LogP contribution is 2.25. The molecule has 3 rings (SSSR count). The van der Waals surface area contributed by atoms with E-state index < -0.39 is 0 Å². The van der Waals surface area contributed by atoms with Gasteiger partial charge in [0.1, 0.15) is 5.69 Å². The Bertz CT molecular complexity index is 620. The van der Waals surface area contributed by atoms with Gasteiger partial charge in [-0.2, -0.15) is 0 Å². The van der Waals surface area contributed by atoms with E-state index in [9.17, 15) is 4.79 Å². The van der Waals surface area contributed by atoms with E-state index in [2.05, 4.69) is 10.3 Å². The van der Waals surface area contributed by atoms with Gasteiger partial charge in [-0.3, -0.25) is 9.36 Å². The van der Waals surface area contributed by atoms with Gasteiger partial charge in [-0.25, -0.2) is 4.98 Å². The number of amides is 1. The lowest BCUT2D eigenvalue weighted by Gasteiger charge is -2.25. The Balaban J connectivity index is 1.84. The van der Waals surface area contributed by atoms with Gasteiger partial charge in [0.25, 0.3) is 5.91 Å². The molecule has 21 heavy (non-hydrogen) atoms. The van der Waals surface area contributed by atoms with Crippen molar-refractivity contribution in [3.05, 3.63) is 42.2 Å². The predicted octanol–water partition coefficient (Wildman–Crippen LogP) is 3.12. The van der Waals surface area contributed by atoms with E-state index in [-0.39, 0.29) is 5.91 Å². The lowest BCUT2D eigenvalue weighted by Crippen LogP contribution is -2.33. The SMILES string of the molecule is CSc1ncc(C(=O)NCC2CCC2)n1-c1ccccc1. The van der Waals surface area contributed by atoms with Gasteiger partial charge in [-0.05, 0) is 37.1 Å². The van der Waals surface area contributed by atoms with Crippen molar-refractivity contribution in [2.45, 2.75) is 24.4 Å². The number of rotatable bonds is 5. The summed E-state index contributed by atoms with van der Waals surface area (Å²) >= 11 is 1.54. The normalized spacial score (nSPS) is 14.7. The molecule has 5 heteroatoms. The number of nitrogens with zero attached hydrogens (tertiary/aromatic N) is 2. The molecule has 1 aliphatic rings. The molecule has 1 fully saturated rings. The summed E-state index contributed by atoms with van der Waals surface area (Å²) < 4.78 is 1.92. The molecule has 1 aromatic heterocycles. The summed E-state index contributed by atoms with van der Waals surface area (Å²) in [6.45, 7) is 0.771. The first-order valence-corrected chi connectivity index (χ1v) is 8.47. The number of carbonyl (C=O) groups excluding carboxylic acids is 1. The highest BCUT2D eigenvalue weighted by Gasteiger charge is 2.21. The van der Waals surface area contributed by atoms with E-state index >= 15 is 0 Å². The Kier molecular flexibility index (Phi) is 4.29. The maximum absolute atomic E-state index is 12.4. The predicted molar refractivity (Wildman–Crippen MR) is 85.0 cm³/mol. The standard InChI is InChI=1S/C16H19N3OS/c1-21-16-18-11-14(15(20)17-10-12-6-5-7-12)19(16)13-8-3-2-4-9-13/h2-4,8-9,11-12H,5-7,10H2,1H3,(H,17,20). The van der Waals surface area contributed by atoms with Crippen LogP contribution >= 0.6 is 11.8 Å². The maximum Gasteiger partial charge on any atom is 0.269 e. The fourth-order valence-electron chi connectivity index (χ4n) is 2.49. The van der Waals surface area contributed by atoms with Crippen molar-refractivity contribution in [1.29, 1.82) is 0 Å². The molecule has 0 radical (unpaired) electrons. The number of para-hydroxylation sites is 1. The molecule has 0 saturated heterocycles. The molecule has 2 aromatic rings. The highest BCUT2D eigenvalue weighted by atomic mass is 32.2. The monoisotopic (exact) mass is 301 g/mol. The van der Waals surface area contributed by atoms with E-state index in [1.165, 1.54) is 19.3 Å². The van der Waals surface area contributed by atoms with Gasteiger partial charge >= 0.3 is 0 Å². The molecule has 1 heterocycles. The van der Waals surface area contributed by atoms with Crippen molar-refractivity contribution in [2.75, 3.05) is 12.8 Å². The van der Waals surface area contributed by atoms with Crippen LogP contribution in [-0.4, -0.2) is 28.3 Å². The van der Waals surface area contributed by atoms with Gasteiger partial charge in [-0.1, -0.05) is 36.4 Å². The summed E-state index contributed by atoms with van der Waals surface area (Å²) in [4.78, 5) is 16.8. The topological polar surface area (TPSA) is 46.9 Å². The Hall–Kier alpha value is -1.75. The van der Waals surface area contributed by atoms with Crippen molar-refractivity contribution in [2.24, 2.45) is 5.92 Å². The van der Waals surface area contributed by atoms with E-state index in [0.717, 1.165) is 17.4 Å². The summed E-state index contributed by atoms with van der Waals surface area (Å²) in [7, 11) is 0. The van der Waals surface area contributed by atoms with Crippen LogP contribution in [0.15, 0.2) is 41.7 Å². The number of carbonyl (C=O) groups is 1. The molecule has 4 nitrogen and oxygen atoms in total. The quantitative estimate of drug-likeness (QED) is 0.863. The summed E-state index contributed by atoms with van der Waals surface area (Å²) in [6, 6.07) is 9.88. The van der Waals surface area contributed by atoms with Gasteiger partial charge in [0.15, 0.2) is 5.16 Å². The maximum atomic E-state index is 12.4. The molecule has 0 atom stereocenters. The molecular weight excluding hydrogens is 282 g/mol. The molecule has 0 unspecified atom stereocenters. The molecule has 0 aliphatic heterocycles. The summed E-state index contributed by atoms with van der Waals surface area (Å²) in [5.41, 5.74) is 1.57. The lowest BCUT2D eigenvalue weighted by atomic mass is 9.85. The Labute approximate surface area is 129 Å². The average Bonchev–Trinajstić information content (AvgIpc) is 2.90. The third-order valence-corrected chi connectivity index (χ3v) is 4.59. The number of nitrogens with one attached hydrogen (secondary N) is 1. The van der Waals surface area contributed by atoms with Crippen LogP contribution in [0.5, 0.6) is 0 Å². The smallest absolute Gasteiger partial charge is 0.269 e. The number of hydrogen-bond acceptors (Lipinski definition) is 3. The highest BCUT2D eigenvalue weighted by molar-refractivity contribution is 7.98. The fourth-order valence-corrected chi connectivity index (χ4v) is 3.03. The molecule has 0 bridgehead atoms. The van der Waals surface area contributed by atoms with Crippen molar-refractivity contribution >= 4 is 17.7 Å². The van der Waals surface area contributed by atoms with Crippen LogP contribution in [0, 0.1) is 5.92 Å². The summed E-state index contributed by atoms with van der Waals surface area (Å²) in [5, 5.41) is 3.87. The van der Waals surface area contributed by atoms with Gasteiger partial charge in [0.05, 0.1) is 6.20 Å². The zero-order chi connectivity index (χ0) is 14.7. The van der Waals surface area contributed by atoms with Crippen LogP contribution < -0.4 is 5.32 Å². The van der Waals surface area contributed by atoms with Crippen molar-refractivity contribution in [3.63, 3.8) is 0 Å². The average molecular weight is 301 g/mol. The number of imidazole rings is 1. The van der Waals surface area contributed by atoms with Crippen LogP contribution in [-0.2, 0) is 0 Å². The Morgan fingerprint density at radius 1 is 1.38 bits per heavy atom. The van der Waals surface area contributed by atoms with Gasteiger partial charge in [0, 0.05) is 12.2 Å². The molecule has 1 amide bonds. The van der Waals surface area contributed by atoms with E-state index in [0.29, 0.717) is 11.6 Å². The van der Waals surface area contributed by atoms with Crippen LogP contribution in [0.4, 0.5) is 0 Å². The lowest BCUT2D eigenvalue weighted by molar-refractivity contribution is 0.0931. The third-order valence-electron chi connectivity index (χ3n) is 3.94. The third kappa shape index (κ3) is 2.97. The molecule has 0 spiro atoms. The van der Waals surface area contributed by atoms with E-state index in [4.69, 9.17) is 0 Å². The Morgan fingerprint density at radius 3 is 2.76 bits per heavy atom. The second kappa shape index (κ2) is 6.35. The van der Waals surface area contributed by atoms with Crippen LogP contribution in [0.25, 0.3) is 5.69 Å². The van der Waals surface area contributed by atoms with Crippen molar-refractivity contribution in [3.8, 4) is 5.69 Å². The molecule has 1 N–H and O–H groups in total. The molecule has 110 valence electrons. The van der Waals surface area contributed by atoms with E-state index in [1.54, 1.807) is 18.0 Å². The Morgan fingerprint density at radius 2 is 2.14 bits per heavy atom. The van der Waals surface area contributed by atoms with Crippen molar-refractivity contribution < 1.29 is 4.79 Å². The van der Waals surface area contributed by atoms with Gasteiger partial charge < -0.3 is 5.32 Å². The molecule has 1 saturated carbocycles. The van der Waals surface area contributed by atoms with Crippen molar-refractivity contribution in [1.82, 2.24) is 14.9 Å². The minimum absolute atomic E-state index is 0.0430. The fraction of sp³-hybridized carbons (Fsp3) is 0.375. The van der Waals surface area contributed by atoms with E-state index in [1.807, 2.05) is 41.2 Å². The summed E-state index contributed by atoms with van der Waals surface area (Å²) in [5.74, 6) is 0.612. The minimum Gasteiger partial charge on any atom is -0.350 e. The van der Waals surface area contributed by atoms with Gasteiger partial charge in [0.2, 0.25) is 0 Å². The number of aromatic nitrogens is 2. The number of benzene rings is 1. The first-order valence-electron chi connectivity index (χ1n) is 7.25. The first kappa shape index (κ1) is 14.2. The van der Waals surface area contributed by atoms with Crippen LogP contribution in [0.3, 0.4) is 0 Å². The minimum atomic E-state index is -0.0430. The molecule has 1 aliphatic carbocycles. The van der Waals surface area contributed by atoms with Crippen LogP contribution in [0.1, 0.15) is 29.8 Å². The summed E-state index contributed by atoms with van der Waals surface area (Å²) in [6.07, 6.45) is 7.38. The number of thioether (sulfide) groups is 1. The second-order valence-electron chi connectivity index (χ2n) is 5.31. The molecule has 1 aromatic carbocycles. The zero-order valence-electron chi connectivity index (χ0n) is 12.1. The first-order chi connectivity index (χ1) is 10.3. The van der Waals surface area contributed by atoms with Gasteiger partial charge in [-0.15, -0.1) is 0 Å².